The predicted molar refractivity (Wildman–Crippen MR) is 108 cm³/mol. The fourth-order valence-electron chi connectivity index (χ4n) is 4.10. The van der Waals surface area contributed by atoms with Gasteiger partial charge in [-0.2, -0.15) is 0 Å². The maximum atomic E-state index is 12.6. The van der Waals surface area contributed by atoms with E-state index in [1.807, 2.05) is 6.07 Å². The number of carbonyl (C=O) groups is 3. The van der Waals surface area contributed by atoms with Crippen molar-refractivity contribution in [1.82, 2.24) is 10.2 Å². The third-order valence-corrected chi connectivity index (χ3v) is 5.69. The van der Waals surface area contributed by atoms with Crippen LogP contribution in [0.3, 0.4) is 0 Å². The van der Waals surface area contributed by atoms with E-state index < -0.39 is 0 Å². The molecule has 1 atom stereocenters. The summed E-state index contributed by atoms with van der Waals surface area (Å²) in [6.07, 6.45) is 1.44. The van der Waals surface area contributed by atoms with E-state index in [0.29, 0.717) is 63.8 Å². The number of benzene rings is 1. The number of piperidine rings is 1. The molecule has 1 aromatic rings. The molecule has 0 aromatic heterocycles. The number of ether oxygens (including phenoxy) is 3. The molecule has 4 rings (SSSR count). The normalized spacial score (nSPS) is 21.5. The second kappa shape index (κ2) is 8.81. The summed E-state index contributed by atoms with van der Waals surface area (Å²) >= 11 is 0. The van der Waals surface area contributed by atoms with Gasteiger partial charge in [-0.1, -0.05) is 0 Å². The van der Waals surface area contributed by atoms with E-state index in [-0.39, 0.29) is 36.3 Å². The molecule has 0 saturated carbocycles. The molecule has 0 aliphatic carbocycles. The second-order valence-electron chi connectivity index (χ2n) is 7.70. The average Bonchev–Trinajstić information content (AvgIpc) is 3.13. The van der Waals surface area contributed by atoms with Gasteiger partial charge in [0, 0.05) is 37.8 Å². The van der Waals surface area contributed by atoms with Crippen LogP contribution < -0.4 is 19.7 Å². The van der Waals surface area contributed by atoms with E-state index in [0.717, 1.165) is 5.69 Å². The lowest BCUT2D eigenvalue weighted by Crippen LogP contribution is -2.49. The monoisotopic (exact) mass is 417 g/mol. The van der Waals surface area contributed by atoms with Crippen LogP contribution in [0, 0.1) is 5.92 Å². The van der Waals surface area contributed by atoms with Gasteiger partial charge in [0.05, 0.1) is 18.6 Å². The van der Waals surface area contributed by atoms with Crippen molar-refractivity contribution in [2.45, 2.75) is 32.2 Å². The van der Waals surface area contributed by atoms with E-state index in [9.17, 15) is 14.4 Å². The molecule has 30 heavy (non-hydrogen) atoms. The molecule has 9 heteroatoms. The van der Waals surface area contributed by atoms with Gasteiger partial charge in [0.1, 0.15) is 13.2 Å². The van der Waals surface area contributed by atoms with Crippen LogP contribution in [0.5, 0.6) is 11.5 Å². The Labute approximate surface area is 175 Å². The van der Waals surface area contributed by atoms with Crippen molar-refractivity contribution in [3.8, 4) is 11.5 Å². The molecule has 3 aliphatic heterocycles. The summed E-state index contributed by atoms with van der Waals surface area (Å²) in [6, 6.07) is 4.98. The quantitative estimate of drug-likeness (QED) is 0.747. The largest absolute Gasteiger partial charge is 0.486 e. The van der Waals surface area contributed by atoms with Gasteiger partial charge in [0.25, 0.3) is 0 Å². The van der Waals surface area contributed by atoms with E-state index >= 15 is 0 Å². The molecule has 1 N–H and O–H groups in total. The van der Waals surface area contributed by atoms with Crippen LogP contribution in [0.2, 0.25) is 0 Å². The van der Waals surface area contributed by atoms with Crippen molar-refractivity contribution in [2.24, 2.45) is 5.92 Å². The molecule has 3 amide bonds. The number of anilines is 1. The lowest BCUT2D eigenvalue weighted by atomic mass is 9.97. The summed E-state index contributed by atoms with van der Waals surface area (Å²) in [7, 11) is 0. The zero-order chi connectivity index (χ0) is 21.1. The van der Waals surface area contributed by atoms with Crippen molar-refractivity contribution in [2.75, 3.05) is 44.4 Å². The Morgan fingerprint density at radius 2 is 1.90 bits per heavy atom. The first-order valence-corrected chi connectivity index (χ1v) is 10.5. The number of likely N-dealkylation sites (tertiary alicyclic amines) is 1. The van der Waals surface area contributed by atoms with Gasteiger partial charge in [-0.25, -0.2) is 4.79 Å². The lowest BCUT2D eigenvalue weighted by molar-refractivity contribution is -0.149. The minimum absolute atomic E-state index is 0.0435. The first-order chi connectivity index (χ1) is 14.5. The highest BCUT2D eigenvalue weighted by Gasteiger charge is 2.34. The highest BCUT2D eigenvalue weighted by molar-refractivity contribution is 5.97. The molecule has 3 heterocycles. The predicted octanol–water partition coefficient (Wildman–Crippen LogP) is 1.55. The molecule has 2 fully saturated rings. The summed E-state index contributed by atoms with van der Waals surface area (Å²) < 4.78 is 16.2. The maximum Gasteiger partial charge on any atom is 0.317 e. The number of esters is 1. The minimum atomic E-state index is -0.263. The van der Waals surface area contributed by atoms with Crippen molar-refractivity contribution in [3.63, 3.8) is 0 Å². The Morgan fingerprint density at radius 3 is 2.63 bits per heavy atom. The van der Waals surface area contributed by atoms with E-state index in [4.69, 9.17) is 14.2 Å². The number of nitrogens with zero attached hydrogens (tertiary/aromatic N) is 2. The summed E-state index contributed by atoms with van der Waals surface area (Å²) in [5.41, 5.74) is 0.733. The third-order valence-electron chi connectivity index (χ3n) is 5.69. The van der Waals surface area contributed by atoms with Gasteiger partial charge in [0.2, 0.25) is 5.91 Å². The van der Waals surface area contributed by atoms with E-state index in [1.165, 1.54) is 0 Å². The Balaban J connectivity index is 1.31. The topological polar surface area (TPSA) is 97.4 Å². The van der Waals surface area contributed by atoms with Crippen molar-refractivity contribution in [1.29, 1.82) is 0 Å². The first kappa shape index (κ1) is 20.3. The molecule has 2 saturated heterocycles. The Bertz CT molecular complexity index is 821. The van der Waals surface area contributed by atoms with Gasteiger partial charge < -0.3 is 29.3 Å². The van der Waals surface area contributed by atoms with Crippen LogP contribution in [-0.2, 0) is 14.3 Å². The van der Waals surface area contributed by atoms with Gasteiger partial charge in [0.15, 0.2) is 11.5 Å². The summed E-state index contributed by atoms with van der Waals surface area (Å²) in [4.78, 5) is 40.4. The maximum absolute atomic E-state index is 12.6. The number of nitrogens with one attached hydrogen (secondary N) is 1. The molecular weight excluding hydrogens is 390 g/mol. The smallest absolute Gasteiger partial charge is 0.317 e. The number of hydrogen-bond donors (Lipinski definition) is 1. The molecule has 0 bridgehead atoms. The second-order valence-corrected chi connectivity index (χ2v) is 7.70. The van der Waals surface area contributed by atoms with Crippen LogP contribution in [-0.4, -0.2) is 68.3 Å². The van der Waals surface area contributed by atoms with Gasteiger partial charge in [-0.15, -0.1) is 0 Å². The fourth-order valence-corrected chi connectivity index (χ4v) is 4.10. The number of hydrogen-bond acceptors (Lipinski definition) is 6. The van der Waals surface area contributed by atoms with Gasteiger partial charge in [-0.05, 0) is 31.9 Å². The molecule has 0 spiro atoms. The van der Waals surface area contributed by atoms with Crippen LogP contribution in [0.15, 0.2) is 18.2 Å². The SMILES string of the molecule is CCOC(=O)C1CCN(C(=O)N[C@@H]2CC(=O)N(c3ccc4c(c3)OCCO4)C2)CC1. The molecule has 3 aliphatic rings. The minimum Gasteiger partial charge on any atom is -0.486 e. The van der Waals surface area contributed by atoms with Crippen LogP contribution in [0.4, 0.5) is 10.5 Å². The number of carbonyl (C=O) groups excluding carboxylic acids is 3. The zero-order valence-electron chi connectivity index (χ0n) is 17.1. The third kappa shape index (κ3) is 4.29. The summed E-state index contributed by atoms with van der Waals surface area (Å²) in [6.45, 7) is 4.57. The molecule has 0 radical (unpaired) electrons. The number of amides is 3. The average molecular weight is 417 g/mol. The summed E-state index contributed by atoms with van der Waals surface area (Å²) in [5, 5.41) is 2.96. The van der Waals surface area contributed by atoms with E-state index in [2.05, 4.69) is 5.32 Å². The molecular formula is C21H27N3O6. The standard InChI is InChI=1S/C21H27N3O6/c1-2-28-20(26)14-5-7-23(8-6-14)21(27)22-15-11-19(25)24(13-15)16-3-4-17-18(12-16)30-10-9-29-17/h3-4,12,14-15H,2,5-11,13H2,1H3,(H,22,27)/t15-/m1/s1. The van der Waals surface area contributed by atoms with Crippen LogP contribution >= 0.6 is 0 Å². The Morgan fingerprint density at radius 1 is 1.17 bits per heavy atom. The van der Waals surface area contributed by atoms with E-state index in [1.54, 1.807) is 28.9 Å². The van der Waals surface area contributed by atoms with Gasteiger partial charge in [-0.3, -0.25) is 9.59 Å². The van der Waals surface area contributed by atoms with Crippen molar-refractivity contribution in [3.05, 3.63) is 18.2 Å². The van der Waals surface area contributed by atoms with Crippen molar-refractivity contribution < 1.29 is 28.6 Å². The van der Waals surface area contributed by atoms with Gasteiger partial charge >= 0.3 is 12.0 Å². The zero-order valence-corrected chi connectivity index (χ0v) is 17.1. The highest BCUT2D eigenvalue weighted by atomic mass is 16.6. The van der Waals surface area contributed by atoms with Crippen molar-refractivity contribution >= 4 is 23.6 Å². The first-order valence-electron chi connectivity index (χ1n) is 10.5. The number of fused-ring (bicyclic) bond motifs is 1. The lowest BCUT2D eigenvalue weighted by Gasteiger charge is -2.31. The summed E-state index contributed by atoms with van der Waals surface area (Å²) in [5.74, 6) is 0.927. The highest BCUT2D eigenvalue weighted by Crippen LogP contribution is 2.35. The van der Waals surface area contributed by atoms with Crippen LogP contribution in [0.25, 0.3) is 0 Å². The molecule has 9 nitrogen and oxygen atoms in total. The Hall–Kier alpha value is -2.97. The molecule has 0 unspecified atom stereocenters. The molecule has 162 valence electrons. The fraction of sp³-hybridized carbons (Fsp3) is 0.571. The number of rotatable bonds is 4. The Kier molecular flexibility index (Phi) is 5.96. The number of urea groups is 1. The van der Waals surface area contributed by atoms with Crippen LogP contribution in [0.1, 0.15) is 26.2 Å². The molecule has 1 aromatic carbocycles.